The van der Waals surface area contributed by atoms with E-state index in [0.29, 0.717) is 6.07 Å². The minimum atomic E-state index is -1.27. The Balaban J connectivity index is 2.04. The van der Waals surface area contributed by atoms with Gasteiger partial charge < -0.3 is 10.1 Å². The van der Waals surface area contributed by atoms with Gasteiger partial charge in [-0.15, -0.1) is 0 Å². The fraction of sp³-hybridized carbons (Fsp3) is 0.133. The molecule has 0 radical (unpaired) electrons. The van der Waals surface area contributed by atoms with Crippen LogP contribution in [-0.2, 0) is 9.53 Å². The van der Waals surface area contributed by atoms with Crippen LogP contribution in [0.15, 0.2) is 30.5 Å². The zero-order valence-corrected chi connectivity index (χ0v) is 13.7. The summed E-state index contributed by atoms with van der Waals surface area (Å²) in [6.07, 6.45) is 0.00339. The molecule has 5 nitrogen and oxygen atoms in total. The van der Waals surface area contributed by atoms with Crippen molar-refractivity contribution in [2.45, 2.75) is 13.0 Å². The predicted octanol–water partition coefficient (Wildman–Crippen LogP) is 3.85. The third kappa shape index (κ3) is 4.39. The van der Waals surface area contributed by atoms with Crippen LogP contribution in [0, 0.1) is 11.6 Å². The van der Waals surface area contributed by atoms with Gasteiger partial charge in [0.1, 0.15) is 11.6 Å². The van der Waals surface area contributed by atoms with Crippen LogP contribution < -0.4 is 5.32 Å². The van der Waals surface area contributed by atoms with Crippen LogP contribution >= 0.6 is 23.2 Å². The first-order valence-electron chi connectivity index (χ1n) is 6.56. The minimum Gasteiger partial charge on any atom is -0.449 e. The highest BCUT2D eigenvalue weighted by atomic mass is 35.5. The first kappa shape index (κ1) is 18.1. The van der Waals surface area contributed by atoms with Crippen molar-refractivity contribution in [1.29, 1.82) is 0 Å². The number of benzene rings is 1. The van der Waals surface area contributed by atoms with Crippen LogP contribution in [-0.4, -0.2) is 23.0 Å². The number of nitrogens with one attached hydrogen (secondary N) is 1. The quantitative estimate of drug-likeness (QED) is 0.825. The number of pyridine rings is 1. The van der Waals surface area contributed by atoms with Crippen LogP contribution in [0.2, 0.25) is 10.0 Å². The Hall–Kier alpha value is -2.25. The van der Waals surface area contributed by atoms with E-state index >= 15 is 0 Å². The number of ether oxygens (including phenoxy) is 1. The lowest BCUT2D eigenvalue weighted by atomic mass is 10.2. The number of esters is 1. The summed E-state index contributed by atoms with van der Waals surface area (Å²) >= 11 is 11.5. The van der Waals surface area contributed by atoms with E-state index in [0.717, 1.165) is 12.1 Å². The zero-order valence-electron chi connectivity index (χ0n) is 12.1. The summed E-state index contributed by atoms with van der Waals surface area (Å²) in [4.78, 5) is 27.6. The monoisotopic (exact) mass is 374 g/mol. The molecule has 0 saturated heterocycles. The van der Waals surface area contributed by atoms with Gasteiger partial charge in [-0.25, -0.2) is 18.6 Å². The van der Waals surface area contributed by atoms with Crippen LogP contribution in [0.25, 0.3) is 0 Å². The van der Waals surface area contributed by atoms with E-state index in [1.807, 2.05) is 0 Å². The van der Waals surface area contributed by atoms with Crippen LogP contribution in [0.5, 0.6) is 0 Å². The molecule has 0 bridgehead atoms. The molecule has 1 aromatic heterocycles. The Morgan fingerprint density at radius 1 is 1.25 bits per heavy atom. The summed E-state index contributed by atoms with van der Waals surface area (Å²) in [7, 11) is 0. The van der Waals surface area contributed by atoms with Gasteiger partial charge >= 0.3 is 5.97 Å². The molecule has 1 atom stereocenters. The highest BCUT2D eigenvalue weighted by Crippen LogP contribution is 2.22. The number of anilines is 1. The summed E-state index contributed by atoms with van der Waals surface area (Å²) in [6, 6.07) is 3.74. The van der Waals surface area contributed by atoms with Crippen molar-refractivity contribution < 1.29 is 23.1 Å². The van der Waals surface area contributed by atoms with Crippen molar-refractivity contribution in [2.75, 3.05) is 5.32 Å². The molecule has 2 aromatic rings. The van der Waals surface area contributed by atoms with Gasteiger partial charge in [0.2, 0.25) is 0 Å². The number of halogens is 4. The Morgan fingerprint density at radius 3 is 2.58 bits per heavy atom. The van der Waals surface area contributed by atoms with E-state index in [9.17, 15) is 18.4 Å². The number of hydrogen-bond donors (Lipinski definition) is 1. The Morgan fingerprint density at radius 2 is 1.96 bits per heavy atom. The Bertz CT molecular complexity index is 802. The standard InChI is InChI=1S/C15H10Cl2F2N2O3/c1-7(14(22)21-13-11(17)4-8(16)6-20-13)24-15(23)10-3-2-9(18)5-12(10)19/h2-7H,1H3,(H,20,21,22)/t7-/m0/s1. The molecular formula is C15H10Cl2F2N2O3. The second-order valence-corrected chi connectivity index (χ2v) is 5.49. The third-order valence-corrected chi connectivity index (χ3v) is 3.35. The summed E-state index contributed by atoms with van der Waals surface area (Å²) in [5, 5.41) is 2.72. The number of carbonyl (C=O) groups excluding carboxylic acids is 2. The van der Waals surface area contributed by atoms with Crippen molar-refractivity contribution in [1.82, 2.24) is 4.98 Å². The SMILES string of the molecule is C[C@H](OC(=O)c1ccc(F)cc1F)C(=O)Nc1ncc(Cl)cc1Cl. The maximum atomic E-state index is 13.5. The molecule has 9 heteroatoms. The molecule has 0 fully saturated rings. The van der Waals surface area contributed by atoms with Gasteiger partial charge in [-0.1, -0.05) is 23.2 Å². The van der Waals surface area contributed by atoms with Gasteiger partial charge in [0.05, 0.1) is 15.6 Å². The normalized spacial score (nSPS) is 11.7. The van der Waals surface area contributed by atoms with Crippen LogP contribution in [0.4, 0.5) is 14.6 Å². The van der Waals surface area contributed by atoms with Crippen LogP contribution in [0.3, 0.4) is 0 Å². The highest BCUT2D eigenvalue weighted by Gasteiger charge is 2.22. The van der Waals surface area contributed by atoms with Crippen molar-refractivity contribution >= 4 is 40.9 Å². The van der Waals surface area contributed by atoms with Crippen molar-refractivity contribution in [3.8, 4) is 0 Å². The molecule has 1 amide bonds. The molecule has 0 spiro atoms. The fourth-order valence-corrected chi connectivity index (χ4v) is 2.08. The molecule has 1 aromatic carbocycles. The maximum Gasteiger partial charge on any atom is 0.341 e. The Kier molecular flexibility index (Phi) is 5.69. The van der Waals surface area contributed by atoms with E-state index < -0.39 is 35.2 Å². The van der Waals surface area contributed by atoms with Gasteiger partial charge in [-0.05, 0) is 25.1 Å². The lowest BCUT2D eigenvalue weighted by molar-refractivity contribution is -0.123. The molecule has 2 rings (SSSR count). The largest absolute Gasteiger partial charge is 0.449 e. The molecule has 1 heterocycles. The molecule has 24 heavy (non-hydrogen) atoms. The number of aromatic nitrogens is 1. The van der Waals surface area contributed by atoms with Crippen molar-refractivity contribution in [2.24, 2.45) is 0 Å². The molecule has 1 N–H and O–H groups in total. The van der Waals surface area contributed by atoms with Gasteiger partial charge in [0, 0.05) is 12.3 Å². The Labute approximate surface area is 145 Å². The van der Waals surface area contributed by atoms with E-state index in [1.54, 1.807) is 0 Å². The smallest absolute Gasteiger partial charge is 0.341 e. The van der Waals surface area contributed by atoms with Crippen molar-refractivity contribution in [3.05, 3.63) is 57.7 Å². The molecule has 0 unspecified atom stereocenters. The average Bonchev–Trinajstić information content (AvgIpc) is 2.49. The molecule has 0 saturated carbocycles. The van der Waals surface area contributed by atoms with Crippen LogP contribution in [0.1, 0.15) is 17.3 Å². The predicted molar refractivity (Wildman–Crippen MR) is 84.1 cm³/mol. The lowest BCUT2D eigenvalue weighted by Gasteiger charge is -2.14. The van der Waals surface area contributed by atoms with Gasteiger partial charge in [-0.3, -0.25) is 4.79 Å². The molecule has 126 valence electrons. The molecule has 0 aliphatic rings. The first-order valence-corrected chi connectivity index (χ1v) is 7.31. The highest BCUT2D eigenvalue weighted by molar-refractivity contribution is 6.36. The summed E-state index contributed by atoms with van der Waals surface area (Å²) in [6.45, 7) is 1.28. The maximum absolute atomic E-state index is 13.5. The van der Waals surface area contributed by atoms with Crippen molar-refractivity contribution in [3.63, 3.8) is 0 Å². The van der Waals surface area contributed by atoms with E-state index in [1.165, 1.54) is 19.2 Å². The topological polar surface area (TPSA) is 68.3 Å². The van der Waals surface area contributed by atoms with Gasteiger partial charge in [0.25, 0.3) is 5.91 Å². The molecule has 0 aliphatic carbocycles. The molecule has 0 aliphatic heterocycles. The number of amides is 1. The van der Waals surface area contributed by atoms with E-state index in [4.69, 9.17) is 27.9 Å². The number of rotatable bonds is 4. The first-order chi connectivity index (χ1) is 11.3. The summed E-state index contributed by atoms with van der Waals surface area (Å²) in [5.74, 6) is -3.73. The third-order valence-electron chi connectivity index (χ3n) is 2.85. The fourth-order valence-electron chi connectivity index (χ4n) is 1.66. The molecular weight excluding hydrogens is 365 g/mol. The summed E-state index contributed by atoms with van der Waals surface area (Å²) in [5.41, 5.74) is -0.487. The number of carbonyl (C=O) groups is 2. The van der Waals surface area contributed by atoms with E-state index in [-0.39, 0.29) is 15.9 Å². The van der Waals surface area contributed by atoms with E-state index in [2.05, 4.69) is 10.3 Å². The average molecular weight is 375 g/mol. The number of hydrogen-bond acceptors (Lipinski definition) is 4. The number of nitrogens with zero attached hydrogens (tertiary/aromatic N) is 1. The zero-order chi connectivity index (χ0) is 17.9. The van der Waals surface area contributed by atoms with Gasteiger partial charge in [-0.2, -0.15) is 0 Å². The second-order valence-electron chi connectivity index (χ2n) is 4.64. The summed E-state index contributed by atoms with van der Waals surface area (Å²) < 4.78 is 31.2. The second kappa shape index (κ2) is 7.55. The lowest BCUT2D eigenvalue weighted by Crippen LogP contribution is -2.30. The van der Waals surface area contributed by atoms with Gasteiger partial charge in [0.15, 0.2) is 11.9 Å². The minimum absolute atomic E-state index is 0.0296.